The molecule has 5 aromatic heterocycles. The third-order valence-corrected chi connectivity index (χ3v) is 20.1. The molecule has 0 saturated carbocycles. The van der Waals surface area contributed by atoms with Gasteiger partial charge >= 0.3 is 0 Å². The topological polar surface area (TPSA) is 54.0 Å². The molecule has 0 N–H and O–H groups in total. The summed E-state index contributed by atoms with van der Waals surface area (Å²) in [5.74, 6) is 3.51. The van der Waals surface area contributed by atoms with Crippen molar-refractivity contribution in [2.24, 2.45) is 0 Å². The average Bonchev–Trinajstić information content (AvgIpc) is 1.69. The SMILES string of the molecule is Cc1ccc2c(c1)OCO2.Cc1ccc2oc3ccccc3c2c1.Cc1ccc2sc3ccccc3c2c1.Cc1cccc2c1sc1ccccc12.Cc1cccc2oc3ccccc3c12.Cc1cccc2sc3ccccc3c12.Cc1ccccc1Oc1ccccc1. The Labute approximate surface area is 559 Å². The largest absolute Gasteiger partial charge is 0.457 e. The van der Waals surface area contributed by atoms with Gasteiger partial charge in [-0.15, -0.1) is 34.0 Å². The van der Waals surface area contributed by atoms with Gasteiger partial charge in [0.2, 0.25) is 6.79 Å². The van der Waals surface area contributed by atoms with Crippen LogP contribution in [0.15, 0.2) is 294 Å². The first-order chi connectivity index (χ1) is 46.0. The van der Waals surface area contributed by atoms with Crippen molar-refractivity contribution >= 4 is 138 Å². The fourth-order valence-corrected chi connectivity index (χ4v) is 15.2. The summed E-state index contributed by atoms with van der Waals surface area (Å²) in [5, 5.41) is 13.2. The Balaban J connectivity index is 0.0000000998. The Bertz CT molecular complexity index is 5380. The number of hydrogen-bond acceptors (Lipinski definition) is 8. The highest BCUT2D eigenvalue weighted by Crippen LogP contribution is 2.39. The minimum atomic E-state index is 0.360. The standard InChI is InChI=1S/2C13H10O.C13H12O.3C13H10S.C8H8O2/c1-9-5-4-8-12-13(9)10-6-2-3-7-11(10)14-12;1-9-6-7-13-11(8-9)10-4-2-3-5-12(10)14-13;1-11-7-5-6-10-13(11)14-12-8-3-2-4-9-12;1-9-5-4-7-11-10-6-2-3-8-12(10)14-13(9)11;1-9-5-4-8-12-13(9)10-6-2-3-7-11(10)14-12;1-9-6-7-13-11(8-9)10-4-2-3-5-12(10)14-13;1-6-2-3-7-8(4-6)10-5-9-7/h2*2-8H,1H3;2-10H,1H3;3*2-8H,1H3;2-4H,5H2,1H3. The summed E-state index contributed by atoms with van der Waals surface area (Å²) < 4.78 is 35.8. The summed E-state index contributed by atoms with van der Waals surface area (Å²) in [6.07, 6.45) is 0. The van der Waals surface area contributed by atoms with Crippen molar-refractivity contribution < 1.29 is 23.0 Å². The summed E-state index contributed by atoms with van der Waals surface area (Å²) in [6.45, 7) is 15.1. The molecule has 6 heterocycles. The van der Waals surface area contributed by atoms with E-state index in [1.54, 1.807) is 0 Å². The molecular formula is C86H70O5S3. The molecule has 1 aliphatic rings. The Hall–Kier alpha value is -10.5. The molecule has 0 atom stereocenters. The Morgan fingerprint density at radius 3 is 1.49 bits per heavy atom. The van der Waals surface area contributed by atoms with Crippen LogP contribution in [-0.4, -0.2) is 6.79 Å². The van der Waals surface area contributed by atoms with Crippen LogP contribution in [0.5, 0.6) is 23.0 Å². The van der Waals surface area contributed by atoms with Crippen LogP contribution in [0, 0.1) is 48.5 Å². The molecule has 0 aliphatic carbocycles. The normalized spacial score (nSPS) is 11.3. The molecule has 0 fully saturated rings. The lowest BCUT2D eigenvalue weighted by atomic mass is 10.1. The maximum Gasteiger partial charge on any atom is 0.231 e. The smallest absolute Gasteiger partial charge is 0.231 e. The predicted octanol–water partition coefficient (Wildman–Crippen LogP) is 26.4. The van der Waals surface area contributed by atoms with E-state index in [0.29, 0.717) is 6.79 Å². The molecule has 0 unspecified atom stereocenters. The third-order valence-electron chi connectivity index (χ3n) is 16.5. The molecule has 1 aliphatic heterocycles. The van der Waals surface area contributed by atoms with Crippen molar-refractivity contribution in [3.63, 3.8) is 0 Å². The van der Waals surface area contributed by atoms with Crippen molar-refractivity contribution in [3.05, 3.63) is 324 Å². The van der Waals surface area contributed by atoms with Gasteiger partial charge in [0.25, 0.3) is 0 Å². The van der Waals surface area contributed by atoms with E-state index in [-0.39, 0.29) is 0 Å². The first-order valence-corrected chi connectivity index (χ1v) is 34.0. The fraction of sp³-hybridized carbons (Fsp3) is 0.0930. The lowest BCUT2D eigenvalue weighted by Gasteiger charge is -2.07. The highest BCUT2D eigenvalue weighted by Gasteiger charge is 2.13. The first kappa shape index (κ1) is 62.3. The van der Waals surface area contributed by atoms with Crippen LogP contribution in [0.4, 0.5) is 0 Å². The second-order valence-electron chi connectivity index (χ2n) is 23.4. The molecular weight excluding hydrogens is 1210 g/mol. The minimum Gasteiger partial charge on any atom is -0.457 e. The van der Waals surface area contributed by atoms with Crippen molar-refractivity contribution in [2.75, 3.05) is 6.79 Å². The maximum absolute atomic E-state index is 5.73. The maximum atomic E-state index is 5.73. The number of ether oxygens (including phenoxy) is 3. The van der Waals surface area contributed by atoms with Gasteiger partial charge in [-0.1, -0.05) is 199 Å². The van der Waals surface area contributed by atoms with Crippen molar-refractivity contribution in [3.8, 4) is 23.0 Å². The van der Waals surface area contributed by atoms with Gasteiger partial charge in [-0.25, -0.2) is 0 Å². The molecule has 8 heteroatoms. The summed E-state index contributed by atoms with van der Waals surface area (Å²) in [7, 11) is 0. The zero-order valence-corrected chi connectivity index (χ0v) is 56.1. The lowest BCUT2D eigenvalue weighted by molar-refractivity contribution is 0.174. The van der Waals surface area contributed by atoms with Crippen LogP contribution in [0.3, 0.4) is 0 Å². The quantitative estimate of drug-likeness (QED) is 0.173. The Morgan fingerprint density at radius 2 is 0.734 bits per heavy atom. The van der Waals surface area contributed by atoms with Gasteiger partial charge in [0.1, 0.15) is 33.8 Å². The highest BCUT2D eigenvalue weighted by molar-refractivity contribution is 7.26. The van der Waals surface area contributed by atoms with Gasteiger partial charge in [0.05, 0.1) is 0 Å². The second-order valence-corrected chi connectivity index (χ2v) is 26.6. The number of fused-ring (bicyclic) bond motifs is 16. The molecule has 0 amide bonds. The molecule has 0 bridgehead atoms. The van der Waals surface area contributed by atoms with E-state index in [1.165, 1.54) is 115 Å². The molecule has 94 heavy (non-hydrogen) atoms. The van der Waals surface area contributed by atoms with E-state index >= 15 is 0 Å². The van der Waals surface area contributed by atoms with Crippen LogP contribution >= 0.6 is 34.0 Å². The molecule has 19 rings (SSSR count). The molecule has 0 spiro atoms. The average molecular weight is 1280 g/mol. The fourth-order valence-electron chi connectivity index (χ4n) is 11.8. The summed E-state index contributed by atoms with van der Waals surface area (Å²) in [6, 6.07) is 98.0. The number of hydrogen-bond donors (Lipinski definition) is 0. The Morgan fingerprint density at radius 1 is 0.277 bits per heavy atom. The van der Waals surface area contributed by atoms with Gasteiger partial charge < -0.3 is 23.0 Å². The molecule has 5 nitrogen and oxygen atoms in total. The van der Waals surface area contributed by atoms with E-state index < -0.39 is 0 Å². The van der Waals surface area contributed by atoms with E-state index in [0.717, 1.165) is 50.9 Å². The zero-order valence-electron chi connectivity index (χ0n) is 53.6. The predicted molar refractivity (Wildman–Crippen MR) is 404 cm³/mol. The van der Waals surface area contributed by atoms with E-state index in [9.17, 15) is 0 Å². The number of rotatable bonds is 2. The van der Waals surface area contributed by atoms with Crippen molar-refractivity contribution in [2.45, 2.75) is 48.5 Å². The lowest BCUT2D eigenvalue weighted by Crippen LogP contribution is -1.92. The molecule has 13 aromatic carbocycles. The zero-order chi connectivity index (χ0) is 64.5. The molecule has 0 saturated heterocycles. The number of aryl methyl sites for hydroxylation is 7. The van der Waals surface area contributed by atoms with Crippen LogP contribution < -0.4 is 14.2 Å². The third kappa shape index (κ3) is 14.0. The van der Waals surface area contributed by atoms with Gasteiger partial charge in [0, 0.05) is 82.1 Å². The van der Waals surface area contributed by atoms with Crippen LogP contribution in [-0.2, 0) is 0 Å². The van der Waals surface area contributed by atoms with Crippen molar-refractivity contribution in [1.82, 2.24) is 0 Å². The summed E-state index contributed by atoms with van der Waals surface area (Å²) >= 11 is 5.63. The van der Waals surface area contributed by atoms with Gasteiger partial charge in [-0.2, -0.15) is 0 Å². The highest BCUT2D eigenvalue weighted by atomic mass is 32.1. The van der Waals surface area contributed by atoms with Gasteiger partial charge in [-0.3, -0.25) is 0 Å². The summed E-state index contributed by atoms with van der Waals surface area (Å²) in [5.41, 5.74) is 12.9. The van der Waals surface area contributed by atoms with E-state index in [2.05, 4.69) is 192 Å². The van der Waals surface area contributed by atoms with E-state index in [1.807, 2.05) is 175 Å². The number of thiophene rings is 3. The second kappa shape index (κ2) is 28.6. The molecule has 0 radical (unpaired) electrons. The number of furan rings is 2. The molecule has 18 aromatic rings. The van der Waals surface area contributed by atoms with Gasteiger partial charge in [-0.05, 0) is 173 Å². The number of benzene rings is 13. The van der Waals surface area contributed by atoms with Crippen molar-refractivity contribution in [1.29, 1.82) is 0 Å². The molecule has 462 valence electrons. The number of para-hydroxylation sites is 4. The monoisotopic (exact) mass is 1280 g/mol. The Kier molecular flexibility index (Phi) is 19.0. The van der Waals surface area contributed by atoms with E-state index in [4.69, 9.17) is 23.0 Å². The first-order valence-electron chi connectivity index (χ1n) is 31.5. The summed E-state index contributed by atoms with van der Waals surface area (Å²) in [4.78, 5) is 0. The van der Waals surface area contributed by atoms with Crippen LogP contribution in [0.2, 0.25) is 0 Å². The van der Waals surface area contributed by atoms with Crippen LogP contribution in [0.1, 0.15) is 38.9 Å². The van der Waals surface area contributed by atoms with Gasteiger partial charge in [0.15, 0.2) is 11.5 Å². The van der Waals surface area contributed by atoms with Crippen LogP contribution in [0.25, 0.3) is 104 Å². The minimum absolute atomic E-state index is 0.360.